The van der Waals surface area contributed by atoms with Gasteiger partial charge in [0.2, 0.25) is 0 Å². The van der Waals surface area contributed by atoms with Crippen LogP contribution in [0.25, 0.3) is 0 Å². The zero-order valence-corrected chi connectivity index (χ0v) is 14.0. The van der Waals surface area contributed by atoms with Crippen LogP contribution in [-0.2, 0) is 4.74 Å². The summed E-state index contributed by atoms with van der Waals surface area (Å²) in [6.45, 7) is 16.2. The topological polar surface area (TPSA) is 15.7 Å². The van der Waals surface area contributed by atoms with Crippen molar-refractivity contribution in [3.8, 4) is 0 Å². The second-order valence-electron chi connectivity index (χ2n) is 7.36. The van der Waals surface area contributed by atoms with Gasteiger partial charge in [0.1, 0.15) is 0 Å². The summed E-state index contributed by atoms with van der Waals surface area (Å²) in [5.41, 5.74) is 0.103. The van der Waals surface area contributed by atoms with E-state index in [0.29, 0.717) is 6.04 Å². The zero-order chi connectivity index (χ0) is 14.6. The lowest BCUT2D eigenvalue weighted by Crippen LogP contribution is -2.52. The molecule has 0 N–H and O–H groups in total. The van der Waals surface area contributed by atoms with Crippen LogP contribution in [0.1, 0.15) is 53.4 Å². The molecule has 118 valence electrons. The Morgan fingerprint density at radius 2 is 1.90 bits per heavy atom. The second-order valence-corrected chi connectivity index (χ2v) is 7.36. The fourth-order valence-corrected chi connectivity index (χ4v) is 3.87. The predicted octanol–water partition coefficient (Wildman–Crippen LogP) is 3.00. The van der Waals surface area contributed by atoms with Gasteiger partial charge >= 0.3 is 0 Å². The SMILES string of the molecule is CCC[C@]1(C)CN(CC2CCN(C(C)C)CC2)CCO1. The monoisotopic (exact) mass is 282 g/mol. The largest absolute Gasteiger partial charge is 0.373 e. The van der Waals surface area contributed by atoms with Crippen LogP contribution in [0.2, 0.25) is 0 Å². The first-order valence-corrected chi connectivity index (χ1v) is 8.63. The Kier molecular flexibility index (Phi) is 5.88. The van der Waals surface area contributed by atoms with Gasteiger partial charge in [-0.3, -0.25) is 4.90 Å². The molecule has 0 unspecified atom stereocenters. The molecule has 3 heteroatoms. The summed E-state index contributed by atoms with van der Waals surface area (Å²) in [7, 11) is 0. The third-order valence-corrected chi connectivity index (χ3v) is 5.09. The van der Waals surface area contributed by atoms with Crippen molar-refractivity contribution in [2.24, 2.45) is 5.92 Å². The molecule has 0 aromatic carbocycles. The number of hydrogen-bond acceptors (Lipinski definition) is 3. The average Bonchev–Trinajstić information content (AvgIpc) is 2.39. The number of nitrogens with zero attached hydrogens (tertiary/aromatic N) is 2. The average molecular weight is 282 g/mol. The molecule has 3 nitrogen and oxygen atoms in total. The van der Waals surface area contributed by atoms with Crippen LogP contribution in [0, 0.1) is 5.92 Å². The number of hydrogen-bond donors (Lipinski definition) is 0. The van der Waals surface area contributed by atoms with E-state index in [2.05, 4.69) is 37.5 Å². The summed E-state index contributed by atoms with van der Waals surface area (Å²) in [5.74, 6) is 0.897. The summed E-state index contributed by atoms with van der Waals surface area (Å²) < 4.78 is 6.02. The minimum atomic E-state index is 0.103. The van der Waals surface area contributed by atoms with Crippen LogP contribution in [-0.4, -0.2) is 60.8 Å². The highest BCUT2D eigenvalue weighted by molar-refractivity contribution is 4.85. The van der Waals surface area contributed by atoms with Gasteiger partial charge in [0.05, 0.1) is 12.2 Å². The van der Waals surface area contributed by atoms with Crippen molar-refractivity contribution >= 4 is 0 Å². The Morgan fingerprint density at radius 1 is 1.20 bits per heavy atom. The fourth-order valence-electron chi connectivity index (χ4n) is 3.87. The van der Waals surface area contributed by atoms with Crippen molar-refractivity contribution in [1.82, 2.24) is 9.80 Å². The predicted molar refractivity (Wildman–Crippen MR) is 85.1 cm³/mol. The van der Waals surface area contributed by atoms with Gasteiger partial charge in [-0.25, -0.2) is 0 Å². The fraction of sp³-hybridized carbons (Fsp3) is 1.00. The van der Waals surface area contributed by atoms with Gasteiger partial charge in [-0.1, -0.05) is 13.3 Å². The van der Waals surface area contributed by atoms with Gasteiger partial charge in [-0.05, 0) is 59.0 Å². The molecule has 2 aliphatic rings. The summed E-state index contributed by atoms with van der Waals surface area (Å²) >= 11 is 0. The molecule has 0 aromatic heterocycles. The Hall–Kier alpha value is -0.120. The molecule has 1 atom stereocenters. The minimum absolute atomic E-state index is 0.103. The van der Waals surface area contributed by atoms with Crippen LogP contribution in [0.3, 0.4) is 0 Å². The third kappa shape index (κ3) is 4.44. The molecular weight excluding hydrogens is 248 g/mol. The quantitative estimate of drug-likeness (QED) is 0.771. The van der Waals surface area contributed by atoms with Crippen LogP contribution < -0.4 is 0 Å². The molecule has 0 saturated carbocycles. The number of morpholine rings is 1. The maximum atomic E-state index is 6.02. The molecule has 2 aliphatic heterocycles. The Balaban J connectivity index is 1.76. The maximum absolute atomic E-state index is 6.02. The first kappa shape index (κ1) is 16.3. The third-order valence-electron chi connectivity index (χ3n) is 5.09. The van der Waals surface area contributed by atoms with Crippen LogP contribution in [0.15, 0.2) is 0 Å². The van der Waals surface area contributed by atoms with E-state index in [4.69, 9.17) is 4.74 Å². The highest BCUT2D eigenvalue weighted by Crippen LogP contribution is 2.26. The lowest BCUT2D eigenvalue weighted by atomic mass is 9.93. The molecule has 0 amide bonds. The highest BCUT2D eigenvalue weighted by Gasteiger charge is 2.32. The van der Waals surface area contributed by atoms with E-state index in [1.54, 1.807) is 0 Å². The molecule has 2 rings (SSSR count). The number of piperidine rings is 1. The molecule has 2 fully saturated rings. The summed E-state index contributed by atoms with van der Waals surface area (Å²) in [6, 6.07) is 0.715. The standard InChI is InChI=1S/C17H34N2O/c1-5-8-17(4)14-18(11-12-20-17)13-16-6-9-19(10-7-16)15(2)3/h15-16H,5-14H2,1-4H3/t17-/m1/s1. The molecular formula is C17H34N2O. The zero-order valence-electron chi connectivity index (χ0n) is 14.0. The van der Waals surface area contributed by atoms with Gasteiger partial charge < -0.3 is 9.64 Å². The van der Waals surface area contributed by atoms with Crippen molar-refractivity contribution < 1.29 is 4.74 Å². The Labute approximate surface area is 125 Å². The van der Waals surface area contributed by atoms with Crippen molar-refractivity contribution in [1.29, 1.82) is 0 Å². The molecule has 2 saturated heterocycles. The summed E-state index contributed by atoms with van der Waals surface area (Å²) in [6.07, 6.45) is 5.16. The summed E-state index contributed by atoms with van der Waals surface area (Å²) in [4.78, 5) is 5.28. The van der Waals surface area contributed by atoms with E-state index < -0.39 is 0 Å². The normalized spacial score (nSPS) is 31.1. The molecule has 0 aliphatic carbocycles. The van der Waals surface area contributed by atoms with Crippen LogP contribution in [0.5, 0.6) is 0 Å². The Morgan fingerprint density at radius 3 is 2.50 bits per heavy atom. The van der Waals surface area contributed by atoms with E-state index in [1.165, 1.54) is 45.3 Å². The first-order chi connectivity index (χ1) is 9.52. The van der Waals surface area contributed by atoms with Crippen molar-refractivity contribution in [3.05, 3.63) is 0 Å². The van der Waals surface area contributed by atoms with Crippen molar-refractivity contribution in [2.75, 3.05) is 39.3 Å². The summed E-state index contributed by atoms with van der Waals surface area (Å²) in [5, 5.41) is 0. The molecule has 0 aromatic rings. The molecule has 0 spiro atoms. The van der Waals surface area contributed by atoms with E-state index in [9.17, 15) is 0 Å². The first-order valence-electron chi connectivity index (χ1n) is 8.63. The van der Waals surface area contributed by atoms with Gasteiger partial charge in [-0.15, -0.1) is 0 Å². The highest BCUT2D eigenvalue weighted by atomic mass is 16.5. The lowest BCUT2D eigenvalue weighted by Gasteiger charge is -2.43. The van der Waals surface area contributed by atoms with Crippen LogP contribution >= 0.6 is 0 Å². The molecule has 2 heterocycles. The van der Waals surface area contributed by atoms with E-state index >= 15 is 0 Å². The number of rotatable bonds is 5. The molecule has 0 radical (unpaired) electrons. The van der Waals surface area contributed by atoms with Crippen molar-refractivity contribution in [2.45, 2.75) is 65.0 Å². The number of likely N-dealkylation sites (tertiary alicyclic amines) is 1. The second kappa shape index (κ2) is 7.24. The maximum Gasteiger partial charge on any atom is 0.0781 e. The minimum Gasteiger partial charge on any atom is -0.373 e. The van der Waals surface area contributed by atoms with Crippen molar-refractivity contribution in [3.63, 3.8) is 0 Å². The lowest BCUT2D eigenvalue weighted by molar-refractivity contribution is -0.106. The smallest absolute Gasteiger partial charge is 0.0781 e. The van der Waals surface area contributed by atoms with E-state index in [-0.39, 0.29) is 5.60 Å². The van der Waals surface area contributed by atoms with Gasteiger partial charge in [0.15, 0.2) is 0 Å². The Bertz CT molecular complexity index is 283. The number of ether oxygens (including phenoxy) is 1. The van der Waals surface area contributed by atoms with E-state index in [0.717, 1.165) is 25.6 Å². The van der Waals surface area contributed by atoms with Gasteiger partial charge in [0.25, 0.3) is 0 Å². The van der Waals surface area contributed by atoms with Gasteiger partial charge in [0, 0.05) is 25.7 Å². The van der Waals surface area contributed by atoms with Crippen LogP contribution in [0.4, 0.5) is 0 Å². The molecule has 0 bridgehead atoms. The molecule has 20 heavy (non-hydrogen) atoms. The van der Waals surface area contributed by atoms with Gasteiger partial charge in [-0.2, -0.15) is 0 Å². The van der Waals surface area contributed by atoms with E-state index in [1.807, 2.05) is 0 Å².